The van der Waals surface area contributed by atoms with Gasteiger partial charge in [0.25, 0.3) is 5.56 Å². The molecule has 0 aliphatic carbocycles. The van der Waals surface area contributed by atoms with E-state index in [9.17, 15) is 18.4 Å². The molecule has 0 saturated heterocycles. The lowest BCUT2D eigenvalue weighted by Crippen LogP contribution is -2.17. The molecule has 26 heavy (non-hydrogen) atoms. The van der Waals surface area contributed by atoms with Gasteiger partial charge in [-0.2, -0.15) is 8.78 Å². The minimum absolute atomic E-state index is 0.138. The number of esters is 1. The van der Waals surface area contributed by atoms with Crippen LogP contribution in [0.3, 0.4) is 0 Å². The third-order valence-corrected chi connectivity index (χ3v) is 3.53. The van der Waals surface area contributed by atoms with Gasteiger partial charge in [0, 0.05) is 12.3 Å². The van der Waals surface area contributed by atoms with Crippen LogP contribution in [0.4, 0.5) is 8.78 Å². The molecule has 8 heteroatoms. The fourth-order valence-electron chi connectivity index (χ4n) is 2.38. The number of alkyl halides is 2. The van der Waals surface area contributed by atoms with Crippen molar-refractivity contribution in [3.05, 3.63) is 75.8 Å². The van der Waals surface area contributed by atoms with Gasteiger partial charge >= 0.3 is 12.6 Å². The molecule has 2 aromatic heterocycles. The molecule has 1 aromatic carbocycles. The van der Waals surface area contributed by atoms with Crippen molar-refractivity contribution in [3.8, 4) is 5.75 Å². The number of fused-ring (bicyclic) bond motifs is 1. The second kappa shape index (κ2) is 7.30. The topological polar surface area (TPSA) is 69.9 Å². The van der Waals surface area contributed by atoms with E-state index in [0.717, 1.165) is 5.56 Å². The third kappa shape index (κ3) is 3.85. The zero-order chi connectivity index (χ0) is 18.7. The number of nitrogens with zero attached hydrogens (tertiary/aromatic N) is 2. The number of rotatable bonds is 5. The number of carbonyl (C=O) groups is 1. The van der Waals surface area contributed by atoms with Crippen LogP contribution in [0, 0.1) is 6.92 Å². The molecule has 3 rings (SSSR count). The van der Waals surface area contributed by atoms with Crippen LogP contribution in [0.25, 0.3) is 5.65 Å². The second-order valence-corrected chi connectivity index (χ2v) is 5.47. The van der Waals surface area contributed by atoms with Crippen LogP contribution in [0.15, 0.2) is 53.5 Å². The summed E-state index contributed by atoms with van der Waals surface area (Å²) in [4.78, 5) is 28.5. The summed E-state index contributed by atoms with van der Waals surface area (Å²) in [5.74, 6) is -1.14. The Morgan fingerprint density at radius 2 is 2.00 bits per heavy atom. The van der Waals surface area contributed by atoms with Crippen molar-refractivity contribution in [1.29, 1.82) is 0 Å². The highest BCUT2D eigenvalue weighted by Crippen LogP contribution is 2.21. The summed E-state index contributed by atoms with van der Waals surface area (Å²) in [6, 6.07) is 10.2. The number of benzene rings is 1. The second-order valence-electron chi connectivity index (χ2n) is 5.47. The number of halogens is 2. The normalized spacial score (nSPS) is 10.9. The number of carbonyl (C=O) groups excluding carboxylic acids is 1. The van der Waals surface area contributed by atoms with Crippen molar-refractivity contribution in [1.82, 2.24) is 9.38 Å². The van der Waals surface area contributed by atoms with E-state index in [2.05, 4.69) is 9.72 Å². The lowest BCUT2D eigenvalue weighted by molar-refractivity contribution is -0.0505. The summed E-state index contributed by atoms with van der Waals surface area (Å²) < 4.78 is 35.6. The Hall–Kier alpha value is -3.29. The number of aromatic nitrogens is 2. The van der Waals surface area contributed by atoms with Crippen LogP contribution in [-0.4, -0.2) is 22.0 Å². The van der Waals surface area contributed by atoms with Crippen molar-refractivity contribution in [2.24, 2.45) is 0 Å². The number of hydrogen-bond donors (Lipinski definition) is 0. The molecule has 0 bridgehead atoms. The van der Waals surface area contributed by atoms with E-state index >= 15 is 0 Å². The van der Waals surface area contributed by atoms with Gasteiger partial charge in [0.1, 0.15) is 23.6 Å². The van der Waals surface area contributed by atoms with Gasteiger partial charge in [-0.1, -0.05) is 18.2 Å². The van der Waals surface area contributed by atoms with Crippen molar-refractivity contribution in [3.63, 3.8) is 0 Å². The first-order chi connectivity index (χ1) is 12.4. The number of para-hydroxylation sites is 1. The fraction of sp³-hybridized carbons (Fsp3) is 0.167. The summed E-state index contributed by atoms with van der Waals surface area (Å²) in [5, 5.41) is 0. The zero-order valence-electron chi connectivity index (χ0n) is 13.7. The molecule has 0 amide bonds. The zero-order valence-corrected chi connectivity index (χ0v) is 13.7. The smallest absolute Gasteiger partial charge is 0.387 e. The summed E-state index contributed by atoms with van der Waals surface area (Å²) in [5.41, 5.74) is 1.11. The monoisotopic (exact) mass is 360 g/mol. The average Bonchev–Trinajstić information content (AvgIpc) is 2.60. The van der Waals surface area contributed by atoms with Crippen LogP contribution >= 0.6 is 0 Å². The first-order valence-corrected chi connectivity index (χ1v) is 7.64. The van der Waals surface area contributed by atoms with E-state index in [4.69, 9.17) is 4.74 Å². The van der Waals surface area contributed by atoms with E-state index in [0.29, 0.717) is 5.65 Å². The molecule has 0 atom stereocenters. The Morgan fingerprint density at radius 3 is 2.77 bits per heavy atom. The molecule has 0 unspecified atom stereocenters. The lowest BCUT2D eigenvalue weighted by atomic mass is 10.2. The van der Waals surface area contributed by atoms with Crippen molar-refractivity contribution in [2.75, 3.05) is 0 Å². The molecule has 0 aliphatic rings. The van der Waals surface area contributed by atoms with Crippen LogP contribution in [0.1, 0.15) is 21.6 Å². The minimum Gasteiger partial charge on any atom is -0.455 e. The Bertz CT molecular complexity index is 1020. The van der Waals surface area contributed by atoms with Gasteiger partial charge in [-0.15, -0.1) is 0 Å². The predicted molar refractivity (Wildman–Crippen MR) is 88.4 cm³/mol. The van der Waals surface area contributed by atoms with Gasteiger partial charge in [-0.3, -0.25) is 9.20 Å². The van der Waals surface area contributed by atoms with Crippen LogP contribution in [0.5, 0.6) is 5.75 Å². The maximum Gasteiger partial charge on any atom is 0.387 e. The molecule has 0 N–H and O–H groups in total. The quantitative estimate of drug-likeness (QED) is 0.655. The summed E-state index contributed by atoms with van der Waals surface area (Å²) in [6.07, 6.45) is 1.65. The SMILES string of the molecule is Cc1ccc2nc(COC(=O)c3ccccc3OC(F)F)cc(=O)n2c1. The highest BCUT2D eigenvalue weighted by atomic mass is 19.3. The Labute approximate surface area is 146 Å². The molecule has 0 spiro atoms. The van der Waals surface area contributed by atoms with Crippen LogP contribution < -0.4 is 10.3 Å². The maximum absolute atomic E-state index is 12.4. The maximum atomic E-state index is 12.4. The van der Waals surface area contributed by atoms with Gasteiger partial charge < -0.3 is 9.47 Å². The molecule has 2 heterocycles. The van der Waals surface area contributed by atoms with E-state index < -0.39 is 12.6 Å². The van der Waals surface area contributed by atoms with Gasteiger partial charge in [0.2, 0.25) is 0 Å². The Kier molecular flexibility index (Phi) is 4.92. The highest BCUT2D eigenvalue weighted by Gasteiger charge is 2.17. The molecule has 6 nitrogen and oxygen atoms in total. The Morgan fingerprint density at radius 1 is 1.23 bits per heavy atom. The highest BCUT2D eigenvalue weighted by molar-refractivity contribution is 5.92. The molecule has 0 radical (unpaired) electrons. The van der Waals surface area contributed by atoms with Gasteiger partial charge in [-0.25, -0.2) is 9.78 Å². The van der Waals surface area contributed by atoms with Gasteiger partial charge in [-0.05, 0) is 30.7 Å². The summed E-state index contributed by atoms with van der Waals surface area (Å²) in [7, 11) is 0. The van der Waals surface area contributed by atoms with E-state index in [1.807, 2.05) is 6.92 Å². The van der Waals surface area contributed by atoms with E-state index in [-0.39, 0.29) is 29.2 Å². The van der Waals surface area contributed by atoms with E-state index in [1.165, 1.54) is 34.7 Å². The fourth-order valence-corrected chi connectivity index (χ4v) is 2.38. The number of aryl methyl sites for hydroxylation is 1. The average molecular weight is 360 g/mol. The number of ether oxygens (including phenoxy) is 2. The van der Waals surface area contributed by atoms with Gasteiger partial charge in [0.15, 0.2) is 0 Å². The first-order valence-electron chi connectivity index (χ1n) is 7.64. The van der Waals surface area contributed by atoms with E-state index in [1.54, 1.807) is 18.3 Å². The first kappa shape index (κ1) is 17.5. The van der Waals surface area contributed by atoms with Crippen LogP contribution in [0.2, 0.25) is 0 Å². The van der Waals surface area contributed by atoms with Gasteiger partial charge in [0.05, 0.1) is 5.69 Å². The summed E-state index contributed by atoms with van der Waals surface area (Å²) in [6.45, 7) is -1.49. The molecule has 0 saturated carbocycles. The molecule has 134 valence electrons. The summed E-state index contributed by atoms with van der Waals surface area (Å²) >= 11 is 0. The molecular weight excluding hydrogens is 346 g/mol. The standard InChI is InChI=1S/C18H14F2N2O4/c1-11-6-7-15-21-12(8-16(23)22(15)9-11)10-25-17(24)13-4-2-3-5-14(13)26-18(19)20/h2-9,18H,10H2,1H3. The Balaban J connectivity index is 1.79. The van der Waals surface area contributed by atoms with Crippen molar-refractivity contribution in [2.45, 2.75) is 20.1 Å². The molecule has 0 fully saturated rings. The van der Waals surface area contributed by atoms with Crippen molar-refractivity contribution >= 4 is 11.6 Å². The molecule has 3 aromatic rings. The number of pyridine rings is 1. The predicted octanol–water partition coefficient (Wildman–Crippen LogP) is 2.96. The largest absolute Gasteiger partial charge is 0.455 e. The van der Waals surface area contributed by atoms with Crippen molar-refractivity contribution < 1.29 is 23.0 Å². The molecular formula is C18H14F2N2O4. The molecule has 0 aliphatic heterocycles. The number of hydrogen-bond acceptors (Lipinski definition) is 5. The van der Waals surface area contributed by atoms with Crippen LogP contribution in [-0.2, 0) is 11.3 Å². The third-order valence-electron chi connectivity index (χ3n) is 3.53. The lowest BCUT2D eigenvalue weighted by Gasteiger charge is -2.10. The minimum atomic E-state index is -3.06.